The Balaban J connectivity index is 3.36. The SMILES string of the molecule is CC(C#N)S(=O)(=O)c1ccc(N)cc1Cl. The number of anilines is 1. The van der Waals surface area contributed by atoms with E-state index in [1.54, 1.807) is 6.07 Å². The Morgan fingerprint density at radius 2 is 2.13 bits per heavy atom. The maximum atomic E-state index is 11.7. The second-order valence-corrected chi connectivity index (χ2v) is 5.65. The van der Waals surface area contributed by atoms with Crippen LogP contribution in [-0.4, -0.2) is 13.7 Å². The average Bonchev–Trinajstić information content (AvgIpc) is 2.15. The van der Waals surface area contributed by atoms with Gasteiger partial charge in [-0.15, -0.1) is 0 Å². The van der Waals surface area contributed by atoms with Gasteiger partial charge in [-0.2, -0.15) is 5.26 Å². The summed E-state index contributed by atoms with van der Waals surface area (Å²) >= 11 is 5.75. The fourth-order valence-corrected chi connectivity index (χ4v) is 2.63. The Kier molecular flexibility index (Phi) is 3.22. The van der Waals surface area contributed by atoms with Crippen LogP contribution >= 0.6 is 11.6 Å². The number of nitrogens with zero attached hydrogens (tertiary/aromatic N) is 1. The van der Waals surface area contributed by atoms with Gasteiger partial charge >= 0.3 is 0 Å². The molecular formula is C9H9ClN2O2S. The van der Waals surface area contributed by atoms with E-state index in [4.69, 9.17) is 22.6 Å². The lowest BCUT2D eigenvalue weighted by Crippen LogP contribution is -2.16. The molecule has 0 spiro atoms. The highest BCUT2D eigenvalue weighted by Crippen LogP contribution is 2.26. The Bertz CT molecular complexity index is 519. The monoisotopic (exact) mass is 244 g/mol. The van der Waals surface area contributed by atoms with E-state index in [1.165, 1.54) is 25.1 Å². The predicted molar refractivity (Wildman–Crippen MR) is 58.1 cm³/mol. The van der Waals surface area contributed by atoms with Gasteiger partial charge in [-0.3, -0.25) is 0 Å². The maximum Gasteiger partial charge on any atom is 0.195 e. The van der Waals surface area contributed by atoms with Gasteiger partial charge in [-0.05, 0) is 25.1 Å². The van der Waals surface area contributed by atoms with Crippen molar-refractivity contribution in [2.24, 2.45) is 0 Å². The summed E-state index contributed by atoms with van der Waals surface area (Å²) in [7, 11) is -3.69. The van der Waals surface area contributed by atoms with Crippen molar-refractivity contribution in [3.05, 3.63) is 23.2 Å². The van der Waals surface area contributed by atoms with Gasteiger partial charge in [0.2, 0.25) is 0 Å². The van der Waals surface area contributed by atoms with E-state index < -0.39 is 15.1 Å². The molecule has 0 fully saturated rings. The van der Waals surface area contributed by atoms with Crippen molar-refractivity contribution in [2.45, 2.75) is 17.1 Å². The summed E-state index contributed by atoms with van der Waals surface area (Å²) in [6.45, 7) is 1.31. The smallest absolute Gasteiger partial charge is 0.195 e. The van der Waals surface area contributed by atoms with Gasteiger partial charge in [0.15, 0.2) is 9.84 Å². The first-order valence-electron chi connectivity index (χ1n) is 4.08. The first-order chi connectivity index (χ1) is 6.89. The zero-order valence-electron chi connectivity index (χ0n) is 7.94. The zero-order valence-corrected chi connectivity index (χ0v) is 9.51. The molecule has 0 bridgehead atoms. The molecule has 0 aliphatic heterocycles. The molecule has 0 aromatic heterocycles. The Morgan fingerprint density at radius 3 is 2.60 bits per heavy atom. The minimum Gasteiger partial charge on any atom is -0.399 e. The standard InChI is InChI=1S/C9H9ClN2O2S/c1-6(5-11)15(13,14)9-3-2-7(12)4-8(9)10/h2-4,6H,12H2,1H3. The molecule has 2 N–H and O–H groups in total. The Hall–Kier alpha value is -1.25. The van der Waals surface area contributed by atoms with Crippen LogP contribution in [-0.2, 0) is 9.84 Å². The van der Waals surface area contributed by atoms with Crippen LogP contribution in [0.25, 0.3) is 0 Å². The highest BCUT2D eigenvalue weighted by atomic mass is 35.5. The molecule has 0 heterocycles. The van der Waals surface area contributed by atoms with Gasteiger partial charge < -0.3 is 5.73 Å². The van der Waals surface area contributed by atoms with E-state index >= 15 is 0 Å². The molecular weight excluding hydrogens is 236 g/mol. The van der Waals surface area contributed by atoms with Crippen molar-refractivity contribution < 1.29 is 8.42 Å². The van der Waals surface area contributed by atoms with Gasteiger partial charge in [0, 0.05) is 5.69 Å². The quantitative estimate of drug-likeness (QED) is 0.801. The molecule has 0 saturated carbocycles. The summed E-state index contributed by atoms with van der Waals surface area (Å²) in [5.74, 6) is 0. The van der Waals surface area contributed by atoms with E-state index in [9.17, 15) is 8.42 Å². The average molecular weight is 245 g/mol. The fourth-order valence-electron chi connectivity index (χ4n) is 1.01. The fraction of sp³-hybridized carbons (Fsp3) is 0.222. The van der Waals surface area contributed by atoms with Gasteiger partial charge in [-0.25, -0.2) is 8.42 Å². The zero-order chi connectivity index (χ0) is 11.6. The summed E-state index contributed by atoms with van der Waals surface area (Å²) in [5.41, 5.74) is 5.81. The molecule has 0 aliphatic rings. The van der Waals surface area contributed by atoms with E-state index in [2.05, 4.69) is 0 Å². The number of sulfone groups is 1. The number of nitrogens with two attached hydrogens (primary N) is 1. The Labute approximate surface area is 93.2 Å². The maximum absolute atomic E-state index is 11.7. The van der Waals surface area contributed by atoms with Gasteiger partial charge in [0.25, 0.3) is 0 Å². The van der Waals surface area contributed by atoms with Crippen molar-refractivity contribution >= 4 is 27.1 Å². The molecule has 0 saturated heterocycles. The lowest BCUT2D eigenvalue weighted by atomic mass is 10.3. The second kappa shape index (κ2) is 4.09. The number of halogens is 1. The highest BCUT2D eigenvalue weighted by molar-refractivity contribution is 7.92. The Morgan fingerprint density at radius 1 is 1.53 bits per heavy atom. The third-order valence-corrected chi connectivity index (χ3v) is 4.34. The number of benzene rings is 1. The number of nitrogen functional groups attached to an aromatic ring is 1. The van der Waals surface area contributed by atoms with E-state index in [0.29, 0.717) is 5.69 Å². The number of rotatable bonds is 2. The lowest BCUT2D eigenvalue weighted by molar-refractivity contribution is 0.592. The van der Waals surface area contributed by atoms with Crippen molar-refractivity contribution in [3.63, 3.8) is 0 Å². The molecule has 15 heavy (non-hydrogen) atoms. The van der Waals surface area contributed by atoms with Crippen molar-refractivity contribution in [3.8, 4) is 6.07 Å². The molecule has 1 unspecified atom stereocenters. The first-order valence-corrected chi connectivity index (χ1v) is 6.00. The summed E-state index contributed by atoms with van der Waals surface area (Å²) in [4.78, 5) is -0.0626. The highest BCUT2D eigenvalue weighted by Gasteiger charge is 2.25. The van der Waals surface area contributed by atoms with E-state index in [1.807, 2.05) is 0 Å². The van der Waals surface area contributed by atoms with Crippen LogP contribution in [0.15, 0.2) is 23.1 Å². The molecule has 4 nitrogen and oxygen atoms in total. The van der Waals surface area contributed by atoms with Crippen molar-refractivity contribution in [1.82, 2.24) is 0 Å². The van der Waals surface area contributed by atoms with Crippen LogP contribution in [0.4, 0.5) is 5.69 Å². The first kappa shape index (κ1) is 11.8. The molecule has 1 aromatic carbocycles. The van der Waals surface area contributed by atoms with Crippen LogP contribution in [0, 0.1) is 11.3 Å². The molecule has 0 aliphatic carbocycles. The molecule has 1 atom stereocenters. The molecule has 0 amide bonds. The largest absolute Gasteiger partial charge is 0.399 e. The van der Waals surface area contributed by atoms with E-state index in [-0.39, 0.29) is 9.92 Å². The third kappa shape index (κ3) is 2.22. The molecule has 0 radical (unpaired) electrons. The molecule has 6 heteroatoms. The third-order valence-electron chi connectivity index (χ3n) is 1.91. The normalized spacial score (nSPS) is 13.1. The molecule has 80 valence electrons. The number of hydrogen-bond donors (Lipinski definition) is 1. The van der Waals surface area contributed by atoms with Gasteiger partial charge in [0.1, 0.15) is 5.25 Å². The van der Waals surface area contributed by atoms with Crippen molar-refractivity contribution in [2.75, 3.05) is 5.73 Å². The number of hydrogen-bond acceptors (Lipinski definition) is 4. The van der Waals surface area contributed by atoms with Crippen LogP contribution in [0.5, 0.6) is 0 Å². The van der Waals surface area contributed by atoms with Gasteiger partial charge in [-0.1, -0.05) is 11.6 Å². The summed E-state index contributed by atoms with van der Waals surface area (Å²) in [5, 5.41) is 7.49. The minimum atomic E-state index is -3.69. The van der Waals surface area contributed by atoms with Gasteiger partial charge in [0.05, 0.1) is 16.0 Å². The summed E-state index contributed by atoms with van der Waals surface area (Å²) in [6, 6.07) is 5.75. The lowest BCUT2D eigenvalue weighted by Gasteiger charge is -2.07. The van der Waals surface area contributed by atoms with Crippen LogP contribution in [0.1, 0.15) is 6.92 Å². The van der Waals surface area contributed by atoms with E-state index in [0.717, 1.165) is 0 Å². The topological polar surface area (TPSA) is 84.0 Å². The second-order valence-electron chi connectivity index (χ2n) is 3.01. The van der Waals surface area contributed by atoms with Crippen LogP contribution < -0.4 is 5.73 Å². The van der Waals surface area contributed by atoms with Crippen molar-refractivity contribution in [1.29, 1.82) is 5.26 Å². The van der Waals surface area contributed by atoms with Crippen LogP contribution in [0.2, 0.25) is 5.02 Å². The predicted octanol–water partition coefficient (Wildman–Crippen LogP) is 1.61. The van der Waals surface area contributed by atoms with Crippen LogP contribution in [0.3, 0.4) is 0 Å². The minimum absolute atomic E-state index is 0.0390. The number of nitriles is 1. The summed E-state index contributed by atoms with van der Waals surface area (Å²) in [6.07, 6.45) is 0. The molecule has 1 rings (SSSR count). The summed E-state index contributed by atoms with van der Waals surface area (Å²) < 4.78 is 23.5. The molecule has 1 aromatic rings.